The number of rotatable bonds is 5. The Labute approximate surface area is 107 Å². The van der Waals surface area contributed by atoms with Crippen LogP contribution in [0, 0.1) is 0 Å². The number of ether oxygens (including phenoxy) is 1. The molecule has 18 heavy (non-hydrogen) atoms. The number of aliphatic carboxylic acids is 1. The van der Waals surface area contributed by atoms with E-state index in [2.05, 4.69) is 13.8 Å². The van der Waals surface area contributed by atoms with E-state index in [9.17, 15) is 4.79 Å². The third-order valence-corrected chi connectivity index (χ3v) is 2.96. The summed E-state index contributed by atoms with van der Waals surface area (Å²) < 4.78 is 5.26. The van der Waals surface area contributed by atoms with Crippen molar-refractivity contribution in [2.24, 2.45) is 11.5 Å². The molecule has 0 heterocycles. The molecule has 5 heteroatoms. The van der Waals surface area contributed by atoms with Gasteiger partial charge in [0.1, 0.15) is 11.8 Å². The van der Waals surface area contributed by atoms with Gasteiger partial charge in [0.15, 0.2) is 0 Å². The van der Waals surface area contributed by atoms with E-state index in [1.807, 2.05) is 12.1 Å². The fraction of sp³-hybridized carbons (Fsp3) is 0.462. The second-order valence-electron chi connectivity index (χ2n) is 4.55. The number of hydrogen-bond donors (Lipinski definition) is 3. The molecule has 0 saturated carbocycles. The van der Waals surface area contributed by atoms with E-state index in [0.29, 0.717) is 17.2 Å². The smallest absolute Gasteiger partial charge is 0.322 e. The molecule has 0 saturated heterocycles. The average molecular weight is 252 g/mol. The summed E-state index contributed by atoms with van der Waals surface area (Å²) in [6, 6.07) is 3.62. The molecule has 0 aliphatic heterocycles. The molecule has 0 aromatic heterocycles. The third-order valence-electron chi connectivity index (χ3n) is 2.96. The molecule has 100 valence electrons. The second kappa shape index (κ2) is 5.84. The van der Waals surface area contributed by atoms with Crippen LogP contribution in [0.15, 0.2) is 18.2 Å². The van der Waals surface area contributed by atoms with E-state index in [1.165, 1.54) is 7.11 Å². The molecular formula is C13H20N2O3. The van der Waals surface area contributed by atoms with E-state index in [0.717, 1.165) is 5.56 Å². The fourth-order valence-corrected chi connectivity index (χ4v) is 1.71. The molecule has 2 atom stereocenters. The molecule has 5 nitrogen and oxygen atoms in total. The summed E-state index contributed by atoms with van der Waals surface area (Å²) in [5.41, 5.74) is 13.1. The fourth-order valence-electron chi connectivity index (χ4n) is 1.71. The lowest BCUT2D eigenvalue weighted by molar-refractivity contribution is -0.139. The maximum atomic E-state index is 10.8. The van der Waals surface area contributed by atoms with Gasteiger partial charge in [-0.15, -0.1) is 0 Å². The molecule has 2 unspecified atom stereocenters. The van der Waals surface area contributed by atoms with Crippen molar-refractivity contribution in [3.8, 4) is 5.75 Å². The van der Waals surface area contributed by atoms with Crippen LogP contribution in [0.4, 0.5) is 0 Å². The van der Waals surface area contributed by atoms with Crippen LogP contribution in [0.1, 0.15) is 36.9 Å². The Morgan fingerprint density at radius 2 is 1.94 bits per heavy atom. The van der Waals surface area contributed by atoms with Crippen molar-refractivity contribution in [2.75, 3.05) is 7.11 Å². The van der Waals surface area contributed by atoms with Gasteiger partial charge in [-0.25, -0.2) is 0 Å². The topological polar surface area (TPSA) is 98.6 Å². The number of benzene rings is 1. The summed E-state index contributed by atoms with van der Waals surface area (Å²) in [5.74, 6) is -0.194. The first-order chi connectivity index (χ1) is 8.38. The lowest BCUT2D eigenvalue weighted by atomic mass is 9.95. The van der Waals surface area contributed by atoms with Crippen molar-refractivity contribution >= 4 is 5.97 Å². The van der Waals surface area contributed by atoms with Gasteiger partial charge >= 0.3 is 5.97 Å². The van der Waals surface area contributed by atoms with Crippen LogP contribution in [0.3, 0.4) is 0 Å². The van der Waals surface area contributed by atoms with Gasteiger partial charge < -0.3 is 21.3 Å². The molecule has 0 spiro atoms. The van der Waals surface area contributed by atoms with E-state index >= 15 is 0 Å². The quantitative estimate of drug-likeness (QED) is 0.732. The van der Waals surface area contributed by atoms with Gasteiger partial charge in [-0.05, 0) is 17.5 Å². The van der Waals surface area contributed by atoms with Crippen LogP contribution in [-0.2, 0) is 4.79 Å². The zero-order chi connectivity index (χ0) is 13.9. The van der Waals surface area contributed by atoms with Gasteiger partial charge in [-0.2, -0.15) is 0 Å². The van der Waals surface area contributed by atoms with E-state index < -0.39 is 18.1 Å². The summed E-state index contributed by atoms with van der Waals surface area (Å²) in [6.07, 6.45) is 0. The molecule has 1 aromatic rings. The Kier molecular flexibility index (Phi) is 4.69. The van der Waals surface area contributed by atoms with Crippen LogP contribution in [-0.4, -0.2) is 24.2 Å². The van der Waals surface area contributed by atoms with Crippen molar-refractivity contribution in [3.05, 3.63) is 29.3 Å². The van der Waals surface area contributed by atoms with Crippen molar-refractivity contribution in [3.63, 3.8) is 0 Å². The van der Waals surface area contributed by atoms with Crippen LogP contribution in [0.2, 0.25) is 0 Å². The molecule has 0 aliphatic rings. The predicted molar refractivity (Wildman–Crippen MR) is 69.6 cm³/mol. The Hall–Kier alpha value is -1.59. The molecule has 5 N–H and O–H groups in total. The first-order valence-electron chi connectivity index (χ1n) is 5.80. The standard InChI is InChI=1S/C13H20N2O3/c1-7(2)8-4-5-9(10(6-8)18-3)11(14)12(15)13(16)17/h4-7,11-12H,14-15H2,1-3H3,(H,16,17). The zero-order valence-corrected chi connectivity index (χ0v) is 10.9. The van der Waals surface area contributed by atoms with Gasteiger partial charge in [0, 0.05) is 5.56 Å². The maximum absolute atomic E-state index is 10.8. The molecule has 0 radical (unpaired) electrons. The Balaban J connectivity index is 3.13. The first-order valence-corrected chi connectivity index (χ1v) is 5.80. The predicted octanol–water partition coefficient (Wildman–Crippen LogP) is 1.23. The number of carboxylic acid groups (broad SMARTS) is 1. The lowest BCUT2D eigenvalue weighted by Crippen LogP contribution is -2.41. The summed E-state index contributed by atoms with van der Waals surface area (Å²) in [4.78, 5) is 10.8. The highest BCUT2D eigenvalue weighted by atomic mass is 16.5. The van der Waals surface area contributed by atoms with Crippen LogP contribution in [0.25, 0.3) is 0 Å². The minimum Gasteiger partial charge on any atom is -0.496 e. The van der Waals surface area contributed by atoms with Crippen LogP contribution >= 0.6 is 0 Å². The maximum Gasteiger partial charge on any atom is 0.322 e. The minimum absolute atomic E-state index is 0.359. The number of methoxy groups -OCH3 is 1. The summed E-state index contributed by atoms with van der Waals surface area (Å²) in [7, 11) is 1.53. The van der Waals surface area contributed by atoms with Gasteiger partial charge in [0.2, 0.25) is 0 Å². The van der Waals surface area contributed by atoms with Gasteiger partial charge in [0.05, 0.1) is 13.2 Å². The van der Waals surface area contributed by atoms with Gasteiger partial charge in [-0.3, -0.25) is 4.79 Å². The summed E-state index contributed by atoms with van der Waals surface area (Å²) in [5, 5.41) is 8.87. The molecule has 1 rings (SSSR count). The van der Waals surface area contributed by atoms with Gasteiger partial charge in [-0.1, -0.05) is 26.0 Å². The number of hydrogen-bond acceptors (Lipinski definition) is 4. The van der Waals surface area contributed by atoms with Crippen molar-refractivity contribution in [1.82, 2.24) is 0 Å². The highest BCUT2D eigenvalue weighted by Gasteiger charge is 2.25. The number of nitrogens with two attached hydrogens (primary N) is 2. The minimum atomic E-state index is -1.15. The SMILES string of the molecule is COc1cc(C(C)C)ccc1C(N)C(N)C(=O)O. The normalized spacial score (nSPS) is 14.3. The lowest BCUT2D eigenvalue weighted by Gasteiger charge is -2.20. The molecule has 0 aliphatic carbocycles. The molecule has 0 amide bonds. The van der Waals surface area contributed by atoms with Crippen molar-refractivity contribution in [2.45, 2.75) is 31.8 Å². The van der Waals surface area contributed by atoms with Crippen LogP contribution < -0.4 is 16.2 Å². The Morgan fingerprint density at radius 1 is 1.33 bits per heavy atom. The number of carboxylic acids is 1. The van der Waals surface area contributed by atoms with E-state index in [-0.39, 0.29) is 0 Å². The van der Waals surface area contributed by atoms with Crippen molar-refractivity contribution < 1.29 is 14.6 Å². The largest absolute Gasteiger partial charge is 0.496 e. The Morgan fingerprint density at radius 3 is 2.39 bits per heavy atom. The highest BCUT2D eigenvalue weighted by molar-refractivity contribution is 5.74. The van der Waals surface area contributed by atoms with Gasteiger partial charge in [0.25, 0.3) is 0 Å². The molecular weight excluding hydrogens is 232 g/mol. The van der Waals surface area contributed by atoms with E-state index in [4.69, 9.17) is 21.3 Å². The van der Waals surface area contributed by atoms with E-state index in [1.54, 1.807) is 6.07 Å². The summed E-state index contributed by atoms with van der Waals surface area (Å²) in [6.45, 7) is 4.13. The van der Waals surface area contributed by atoms with Crippen LogP contribution in [0.5, 0.6) is 5.75 Å². The number of carbonyl (C=O) groups is 1. The van der Waals surface area contributed by atoms with Crippen molar-refractivity contribution in [1.29, 1.82) is 0 Å². The zero-order valence-electron chi connectivity index (χ0n) is 10.9. The summed E-state index contributed by atoms with van der Waals surface area (Å²) >= 11 is 0. The monoisotopic (exact) mass is 252 g/mol. The first kappa shape index (κ1) is 14.5. The molecule has 0 bridgehead atoms. The molecule has 1 aromatic carbocycles. The third kappa shape index (κ3) is 3.00. The average Bonchev–Trinajstić information content (AvgIpc) is 2.35. The second-order valence-corrected chi connectivity index (χ2v) is 4.55. The molecule has 0 fully saturated rings. The Bertz CT molecular complexity index is 432. The highest BCUT2D eigenvalue weighted by Crippen LogP contribution is 2.29.